The second-order valence-corrected chi connectivity index (χ2v) is 6.67. The van der Waals surface area contributed by atoms with Crippen molar-refractivity contribution in [2.45, 2.75) is 25.3 Å². The molecular weight excluding hydrogens is 321 g/mol. The maximum Gasteiger partial charge on any atom is 0.228 e. The maximum atomic E-state index is 14.0. The molecule has 1 aromatic carbocycles. The zero-order valence-corrected chi connectivity index (χ0v) is 13.8. The third-order valence-electron chi connectivity index (χ3n) is 5.13. The summed E-state index contributed by atoms with van der Waals surface area (Å²) >= 11 is 0. The van der Waals surface area contributed by atoms with Crippen molar-refractivity contribution in [2.24, 2.45) is 5.92 Å². The summed E-state index contributed by atoms with van der Waals surface area (Å²) in [5.41, 5.74) is 1.28. The highest BCUT2D eigenvalue weighted by atomic mass is 19.1. The first-order valence-corrected chi connectivity index (χ1v) is 8.64. The summed E-state index contributed by atoms with van der Waals surface area (Å²) < 4.78 is 14.0. The molecule has 0 aliphatic carbocycles. The number of carbonyl (C=O) groups is 2. The number of halogens is 1. The Balaban J connectivity index is 1.52. The molecule has 2 aliphatic rings. The van der Waals surface area contributed by atoms with E-state index in [1.807, 2.05) is 23.2 Å². The topological polar surface area (TPSA) is 56.4 Å². The molecule has 4 rings (SSSR count). The number of benzene rings is 1. The second-order valence-electron chi connectivity index (χ2n) is 6.67. The Morgan fingerprint density at radius 1 is 1.20 bits per heavy atom. The first kappa shape index (κ1) is 15.9. The average molecular weight is 341 g/mol. The van der Waals surface area contributed by atoms with Crippen LogP contribution in [0, 0.1) is 11.7 Å². The number of carbonyl (C=O) groups excluding carboxylic acids is 2. The number of H-pyrrole nitrogens is 1. The Hall–Kier alpha value is -2.63. The van der Waals surface area contributed by atoms with Gasteiger partial charge in [-0.05, 0) is 37.1 Å². The molecule has 0 saturated carbocycles. The molecule has 130 valence electrons. The molecule has 2 aromatic rings. The van der Waals surface area contributed by atoms with E-state index in [2.05, 4.69) is 4.98 Å². The van der Waals surface area contributed by atoms with Crippen LogP contribution in [0.25, 0.3) is 0 Å². The predicted octanol–water partition coefficient (Wildman–Crippen LogP) is 2.87. The lowest BCUT2D eigenvalue weighted by atomic mass is 10.1. The molecule has 0 spiro atoms. The number of nitrogens with one attached hydrogen (secondary N) is 1. The summed E-state index contributed by atoms with van der Waals surface area (Å²) in [5, 5.41) is 0. The SMILES string of the molecule is O=C1C[C@@H](C(=O)N2CCC[C@H]2c2ccc[nH]2)CN1c1ccccc1F. The van der Waals surface area contributed by atoms with Crippen molar-refractivity contribution < 1.29 is 14.0 Å². The molecule has 1 N–H and O–H groups in total. The number of para-hydroxylation sites is 1. The molecule has 0 bridgehead atoms. The van der Waals surface area contributed by atoms with Crippen LogP contribution < -0.4 is 4.90 Å². The minimum Gasteiger partial charge on any atom is -0.363 e. The van der Waals surface area contributed by atoms with E-state index in [4.69, 9.17) is 0 Å². The van der Waals surface area contributed by atoms with Crippen molar-refractivity contribution in [1.29, 1.82) is 0 Å². The fraction of sp³-hybridized carbons (Fsp3) is 0.368. The quantitative estimate of drug-likeness (QED) is 0.933. The van der Waals surface area contributed by atoms with E-state index in [0.29, 0.717) is 6.54 Å². The van der Waals surface area contributed by atoms with Gasteiger partial charge in [0, 0.05) is 31.4 Å². The predicted molar refractivity (Wildman–Crippen MR) is 91.3 cm³/mol. The number of amides is 2. The Kier molecular flexibility index (Phi) is 4.03. The third-order valence-corrected chi connectivity index (χ3v) is 5.13. The van der Waals surface area contributed by atoms with Gasteiger partial charge in [0.15, 0.2) is 0 Å². The lowest BCUT2D eigenvalue weighted by Gasteiger charge is -2.27. The van der Waals surface area contributed by atoms with Gasteiger partial charge in [-0.1, -0.05) is 12.1 Å². The summed E-state index contributed by atoms with van der Waals surface area (Å²) in [6.07, 6.45) is 3.87. The number of hydrogen-bond acceptors (Lipinski definition) is 2. The molecular formula is C19H20FN3O2. The third kappa shape index (κ3) is 2.81. The van der Waals surface area contributed by atoms with Gasteiger partial charge in [-0.2, -0.15) is 0 Å². The number of likely N-dealkylation sites (tertiary alicyclic amines) is 1. The van der Waals surface area contributed by atoms with Crippen molar-refractivity contribution in [3.05, 3.63) is 54.1 Å². The Labute approximate surface area is 145 Å². The summed E-state index contributed by atoms with van der Waals surface area (Å²) in [7, 11) is 0. The maximum absolute atomic E-state index is 14.0. The smallest absolute Gasteiger partial charge is 0.228 e. The number of aromatic amines is 1. The Morgan fingerprint density at radius 2 is 2.04 bits per heavy atom. The van der Waals surface area contributed by atoms with Crippen molar-refractivity contribution in [3.8, 4) is 0 Å². The first-order chi connectivity index (χ1) is 12.1. The summed E-state index contributed by atoms with van der Waals surface area (Å²) in [5.74, 6) is -1.06. The van der Waals surface area contributed by atoms with Crippen LogP contribution in [0.5, 0.6) is 0 Å². The van der Waals surface area contributed by atoms with Crippen molar-refractivity contribution in [1.82, 2.24) is 9.88 Å². The fourth-order valence-corrected chi connectivity index (χ4v) is 3.92. The normalized spacial score (nSPS) is 23.5. The standard InChI is InChI=1S/C19H20FN3O2/c20-14-5-1-2-7-16(14)23-12-13(11-18(23)24)19(25)22-10-4-8-17(22)15-6-3-9-21-15/h1-3,5-7,9,13,17,21H,4,8,10-12H2/t13-,17+/m1/s1. The molecule has 0 unspecified atom stereocenters. The minimum atomic E-state index is -0.436. The fourth-order valence-electron chi connectivity index (χ4n) is 3.92. The largest absolute Gasteiger partial charge is 0.363 e. The zero-order valence-electron chi connectivity index (χ0n) is 13.8. The highest BCUT2D eigenvalue weighted by molar-refractivity contribution is 6.00. The molecule has 3 heterocycles. The first-order valence-electron chi connectivity index (χ1n) is 8.64. The van der Waals surface area contributed by atoms with Crippen molar-refractivity contribution in [2.75, 3.05) is 18.0 Å². The number of hydrogen-bond donors (Lipinski definition) is 1. The van der Waals surface area contributed by atoms with Crippen molar-refractivity contribution >= 4 is 17.5 Å². The van der Waals surface area contributed by atoms with Gasteiger partial charge >= 0.3 is 0 Å². The zero-order chi connectivity index (χ0) is 17.4. The van der Waals surface area contributed by atoms with Crippen LogP contribution in [0.15, 0.2) is 42.6 Å². The van der Waals surface area contributed by atoms with Gasteiger partial charge in [-0.15, -0.1) is 0 Å². The summed E-state index contributed by atoms with van der Waals surface area (Å²) in [4.78, 5) is 31.8. The van der Waals surface area contributed by atoms with Gasteiger partial charge in [0.05, 0.1) is 17.6 Å². The number of anilines is 1. The van der Waals surface area contributed by atoms with Crippen LogP contribution in [0.1, 0.15) is 31.0 Å². The van der Waals surface area contributed by atoms with E-state index >= 15 is 0 Å². The molecule has 5 nitrogen and oxygen atoms in total. The number of nitrogens with zero attached hydrogens (tertiary/aromatic N) is 2. The van der Waals surface area contributed by atoms with Gasteiger partial charge in [0.25, 0.3) is 0 Å². The van der Waals surface area contributed by atoms with E-state index in [1.165, 1.54) is 11.0 Å². The lowest BCUT2D eigenvalue weighted by molar-refractivity contribution is -0.136. The van der Waals surface area contributed by atoms with Crippen LogP contribution >= 0.6 is 0 Å². The van der Waals surface area contributed by atoms with Crippen LogP contribution in [-0.2, 0) is 9.59 Å². The Morgan fingerprint density at radius 3 is 2.80 bits per heavy atom. The van der Waals surface area contributed by atoms with Crippen LogP contribution in [-0.4, -0.2) is 34.8 Å². The molecule has 1 aromatic heterocycles. The Bertz CT molecular complexity index is 790. The van der Waals surface area contributed by atoms with Gasteiger partial charge < -0.3 is 14.8 Å². The van der Waals surface area contributed by atoms with Gasteiger partial charge in [-0.3, -0.25) is 9.59 Å². The van der Waals surface area contributed by atoms with Crippen LogP contribution in [0.4, 0.5) is 10.1 Å². The van der Waals surface area contributed by atoms with Crippen LogP contribution in [0.3, 0.4) is 0 Å². The molecule has 2 fully saturated rings. The second kappa shape index (κ2) is 6.35. The molecule has 6 heteroatoms. The molecule has 0 radical (unpaired) electrons. The van der Waals surface area contributed by atoms with E-state index in [0.717, 1.165) is 18.5 Å². The molecule has 2 saturated heterocycles. The van der Waals surface area contributed by atoms with Gasteiger partial charge in [-0.25, -0.2) is 4.39 Å². The van der Waals surface area contributed by atoms with E-state index in [1.54, 1.807) is 18.2 Å². The van der Waals surface area contributed by atoms with Gasteiger partial charge in [0.1, 0.15) is 5.82 Å². The van der Waals surface area contributed by atoms with E-state index < -0.39 is 11.7 Å². The van der Waals surface area contributed by atoms with E-state index in [-0.39, 0.29) is 36.5 Å². The van der Waals surface area contributed by atoms with E-state index in [9.17, 15) is 14.0 Å². The minimum absolute atomic E-state index is 0.00992. The molecule has 2 amide bonds. The molecule has 2 atom stereocenters. The summed E-state index contributed by atoms with van der Waals surface area (Å²) in [6.45, 7) is 0.944. The monoisotopic (exact) mass is 341 g/mol. The van der Waals surface area contributed by atoms with Gasteiger partial charge in [0.2, 0.25) is 11.8 Å². The number of aromatic nitrogens is 1. The average Bonchev–Trinajstić information content (AvgIpc) is 3.35. The highest BCUT2D eigenvalue weighted by Crippen LogP contribution is 2.35. The van der Waals surface area contributed by atoms with Crippen LogP contribution in [0.2, 0.25) is 0 Å². The number of rotatable bonds is 3. The molecule has 25 heavy (non-hydrogen) atoms. The summed E-state index contributed by atoms with van der Waals surface area (Å²) in [6, 6.07) is 10.2. The lowest BCUT2D eigenvalue weighted by Crippen LogP contribution is -2.37. The van der Waals surface area contributed by atoms with Crippen molar-refractivity contribution in [3.63, 3.8) is 0 Å². The highest BCUT2D eigenvalue weighted by Gasteiger charge is 2.41. The molecule has 2 aliphatic heterocycles.